The first-order chi connectivity index (χ1) is 24.4. The van der Waals surface area contributed by atoms with Crippen LogP contribution in [0.2, 0.25) is 19.6 Å². The molecule has 5 nitrogen and oxygen atoms in total. The lowest BCUT2D eigenvalue weighted by atomic mass is 9.68. The minimum atomic E-state index is -1.75. The lowest BCUT2D eigenvalue weighted by Gasteiger charge is -2.36. The van der Waals surface area contributed by atoms with Gasteiger partial charge in [0.15, 0.2) is 11.3 Å². The number of para-hydroxylation sites is 1. The number of fused-ring (bicyclic) bond motifs is 1. The molecule has 1 unspecified atom stereocenters. The predicted octanol–water partition coefficient (Wildman–Crippen LogP) is 10.9. The van der Waals surface area contributed by atoms with Gasteiger partial charge in [0.05, 0.1) is 0 Å². The van der Waals surface area contributed by atoms with E-state index in [9.17, 15) is 15.8 Å². The van der Waals surface area contributed by atoms with Crippen molar-refractivity contribution >= 4 is 13.8 Å². The van der Waals surface area contributed by atoms with Gasteiger partial charge in [0.2, 0.25) is 0 Å². The van der Waals surface area contributed by atoms with E-state index in [0.717, 1.165) is 30.5 Å². The minimum absolute atomic E-state index is 0.0302. The van der Waals surface area contributed by atoms with E-state index in [1.165, 1.54) is 28.1 Å². The maximum atomic E-state index is 10.2. The van der Waals surface area contributed by atoms with E-state index in [-0.39, 0.29) is 27.7 Å². The van der Waals surface area contributed by atoms with Gasteiger partial charge in [-0.1, -0.05) is 127 Å². The summed E-state index contributed by atoms with van der Waals surface area (Å²) < 4.78 is 6.08. The van der Waals surface area contributed by atoms with E-state index in [2.05, 4.69) is 150 Å². The third kappa shape index (κ3) is 7.80. The zero-order chi connectivity index (χ0) is 38.1. The van der Waals surface area contributed by atoms with Crippen LogP contribution in [0.3, 0.4) is 0 Å². The van der Waals surface area contributed by atoms with E-state index in [0.29, 0.717) is 11.5 Å². The van der Waals surface area contributed by atoms with Crippen LogP contribution in [0.4, 0.5) is 5.69 Å². The number of ether oxygens (including phenoxy) is 1. The summed E-state index contributed by atoms with van der Waals surface area (Å²) in [7, 11) is -1.75. The molecule has 264 valence electrons. The van der Waals surface area contributed by atoms with Crippen LogP contribution in [0.15, 0.2) is 124 Å². The molecule has 5 rings (SSSR count). The van der Waals surface area contributed by atoms with Crippen molar-refractivity contribution in [1.29, 1.82) is 15.8 Å². The first kappa shape index (κ1) is 38.0. The smallest absolute Gasteiger partial charge is 0.172 e. The van der Waals surface area contributed by atoms with Gasteiger partial charge in [0.25, 0.3) is 0 Å². The highest BCUT2D eigenvalue weighted by atomic mass is 28.3. The molecule has 2 aliphatic heterocycles. The number of hydrogen-bond donors (Lipinski definition) is 0. The molecular formula is C46H50N4OSi. The molecule has 0 fully saturated rings. The molecule has 52 heavy (non-hydrogen) atoms. The molecule has 0 aromatic heterocycles. The molecule has 0 N–H and O–H groups in total. The number of rotatable bonds is 5. The Hall–Kier alpha value is -5.27. The molecule has 0 saturated carbocycles. The van der Waals surface area contributed by atoms with Crippen molar-refractivity contribution in [3.63, 3.8) is 0 Å². The Morgan fingerprint density at radius 3 is 2.15 bits per heavy atom. The Balaban J connectivity index is 1.72. The second-order valence-corrected chi connectivity index (χ2v) is 21.9. The molecule has 6 heteroatoms. The molecule has 0 radical (unpaired) electrons. The fourth-order valence-electron chi connectivity index (χ4n) is 7.26. The molecule has 2 aromatic carbocycles. The first-order valence-electron chi connectivity index (χ1n) is 18.1. The van der Waals surface area contributed by atoms with Crippen LogP contribution >= 0.6 is 0 Å². The molecule has 1 aliphatic carbocycles. The van der Waals surface area contributed by atoms with Gasteiger partial charge in [-0.25, -0.2) is 0 Å². The van der Waals surface area contributed by atoms with Crippen LogP contribution in [0.5, 0.6) is 0 Å². The number of allylic oxidation sites excluding steroid dienone is 9. The highest BCUT2D eigenvalue weighted by Gasteiger charge is 2.41. The second-order valence-electron chi connectivity index (χ2n) is 17.1. The van der Waals surface area contributed by atoms with Gasteiger partial charge in [0, 0.05) is 34.5 Å². The standard InChI is InChI=1S/C46H50N4OSi/c1-44(2,3)36-26-33(20-22-39-38(30-49)43(35(28-47)29-48)51-46(39,6)7)37(24-25-52(8,9)10)34(27-36)21-23-42-45(4,5)40-18-14-15-19-41(40)50(42)31-32-16-12-11-13-17-32/h11-23,36H,26-27,31H2,1-10H3/b22-20+,34-21+,42-23-. The van der Waals surface area contributed by atoms with Crippen LogP contribution in [-0.2, 0) is 16.7 Å². The van der Waals surface area contributed by atoms with E-state index in [1.807, 2.05) is 32.1 Å². The number of anilines is 1. The van der Waals surface area contributed by atoms with Crippen LogP contribution in [0.1, 0.15) is 72.4 Å². The minimum Gasteiger partial charge on any atom is -0.480 e. The largest absolute Gasteiger partial charge is 0.480 e. The van der Waals surface area contributed by atoms with Crippen molar-refractivity contribution in [2.45, 2.75) is 98.5 Å². The molecule has 2 heterocycles. The quantitative estimate of drug-likeness (QED) is 0.176. The SMILES string of the molecule is CC1(C)OC(=C(C#N)C#N)C(C#N)=C1/C=C/C1=C(C#C[Si](C)(C)C)C(=C/C=C2\N(Cc3ccccc3)c3ccccc3C2(C)C)/CC(C(C)(C)C)C1. The van der Waals surface area contributed by atoms with Crippen LogP contribution in [0.25, 0.3) is 0 Å². The van der Waals surface area contributed by atoms with Gasteiger partial charge < -0.3 is 9.64 Å². The summed E-state index contributed by atoms with van der Waals surface area (Å²) in [5, 5.41) is 29.4. The summed E-state index contributed by atoms with van der Waals surface area (Å²) in [6, 6.07) is 25.4. The molecule has 3 aliphatic rings. The molecule has 0 amide bonds. The first-order valence-corrected chi connectivity index (χ1v) is 21.6. The van der Waals surface area contributed by atoms with Crippen molar-refractivity contribution in [2.24, 2.45) is 11.3 Å². The second kappa shape index (κ2) is 14.4. The van der Waals surface area contributed by atoms with Crippen molar-refractivity contribution < 1.29 is 4.74 Å². The topological polar surface area (TPSA) is 83.8 Å². The van der Waals surface area contributed by atoms with E-state index in [4.69, 9.17) is 4.74 Å². The fourth-order valence-corrected chi connectivity index (χ4v) is 7.76. The van der Waals surface area contributed by atoms with Gasteiger partial charge in [-0.2, -0.15) is 15.8 Å². The maximum Gasteiger partial charge on any atom is 0.172 e. The molecule has 0 bridgehead atoms. The summed E-state index contributed by atoms with van der Waals surface area (Å²) in [5.41, 5.74) is 11.7. The normalized spacial score (nSPS) is 21.0. The fraction of sp³-hybridized carbons (Fsp3) is 0.370. The molecule has 2 aromatic rings. The maximum absolute atomic E-state index is 10.2. The number of benzene rings is 2. The monoisotopic (exact) mass is 702 g/mol. The predicted molar refractivity (Wildman–Crippen MR) is 214 cm³/mol. The summed E-state index contributed by atoms with van der Waals surface area (Å²) in [5.74, 6) is 4.08. The summed E-state index contributed by atoms with van der Waals surface area (Å²) in [6.07, 6.45) is 10.4. The number of nitriles is 3. The van der Waals surface area contributed by atoms with E-state index in [1.54, 1.807) is 0 Å². The Bertz CT molecular complexity index is 2130. The molecule has 1 atom stereocenters. The van der Waals surface area contributed by atoms with E-state index < -0.39 is 13.7 Å². The van der Waals surface area contributed by atoms with Crippen LogP contribution in [-0.4, -0.2) is 13.7 Å². The summed E-state index contributed by atoms with van der Waals surface area (Å²) in [6.45, 7) is 22.8. The van der Waals surface area contributed by atoms with Gasteiger partial charge >= 0.3 is 0 Å². The zero-order valence-electron chi connectivity index (χ0n) is 32.4. The van der Waals surface area contributed by atoms with Crippen LogP contribution < -0.4 is 4.90 Å². The van der Waals surface area contributed by atoms with E-state index >= 15 is 0 Å². The summed E-state index contributed by atoms with van der Waals surface area (Å²) >= 11 is 0. The third-order valence-electron chi connectivity index (χ3n) is 10.3. The van der Waals surface area contributed by atoms with Gasteiger partial charge in [-0.15, -0.1) is 5.54 Å². The molecular weight excluding hydrogens is 653 g/mol. The average Bonchev–Trinajstić information content (AvgIpc) is 3.46. The summed E-state index contributed by atoms with van der Waals surface area (Å²) in [4.78, 5) is 2.46. The molecule has 0 spiro atoms. The van der Waals surface area contributed by atoms with Crippen molar-refractivity contribution in [2.75, 3.05) is 4.90 Å². The van der Waals surface area contributed by atoms with Crippen LogP contribution in [0, 0.1) is 56.8 Å². The van der Waals surface area contributed by atoms with Crippen molar-refractivity contribution in [1.82, 2.24) is 0 Å². The van der Waals surface area contributed by atoms with Crippen molar-refractivity contribution in [3.8, 4) is 29.7 Å². The third-order valence-corrected chi connectivity index (χ3v) is 11.2. The average molecular weight is 703 g/mol. The van der Waals surface area contributed by atoms with Gasteiger partial charge in [-0.05, 0) is 72.4 Å². The lowest BCUT2D eigenvalue weighted by Crippen LogP contribution is -2.26. The zero-order valence-corrected chi connectivity index (χ0v) is 33.4. The lowest BCUT2D eigenvalue weighted by molar-refractivity contribution is 0.0954. The molecule has 0 saturated heterocycles. The van der Waals surface area contributed by atoms with Crippen molar-refractivity contribution in [3.05, 3.63) is 135 Å². The Labute approximate surface area is 312 Å². The Morgan fingerprint density at radius 2 is 1.54 bits per heavy atom. The number of hydrogen-bond acceptors (Lipinski definition) is 5. The number of nitrogens with zero attached hydrogens (tertiary/aromatic N) is 4. The Kier molecular flexibility index (Phi) is 10.5. The van der Waals surface area contributed by atoms with Gasteiger partial charge in [-0.3, -0.25) is 0 Å². The highest BCUT2D eigenvalue weighted by Crippen LogP contribution is 2.49. The Morgan fingerprint density at radius 1 is 0.885 bits per heavy atom. The van der Waals surface area contributed by atoms with Gasteiger partial charge in [0.1, 0.15) is 37.5 Å². The highest BCUT2D eigenvalue weighted by molar-refractivity contribution is 6.83.